The summed E-state index contributed by atoms with van der Waals surface area (Å²) in [6, 6.07) is 4.20. The fourth-order valence-electron chi connectivity index (χ4n) is 2.42. The van der Waals surface area contributed by atoms with Crippen LogP contribution in [0.3, 0.4) is 0 Å². The summed E-state index contributed by atoms with van der Waals surface area (Å²) in [6.45, 7) is 1.37. The van der Waals surface area contributed by atoms with E-state index in [1.165, 1.54) is 18.2 Å². The van der Waals surface area contributed by atoms with E-state index in [4.69, 9.17) is 22.1 Å². The first kappa shape index (κ1) is 13.7. The second kappa shape index (κ2) is 5.53. The van der Waals surface area contributed by atoms with Gasteiger partial charge in [-0.25, -0.2) is 4.39 Å². The second-order valence-electron chi connectivity index (χ2n) is 4.75. The van der Waals surface area contributed by atoms with E-state index in [1.807, 2.05) is 0 Å². The highest BCUT2D eigenvalue weighted by Gasteiger charge is 2.40. The van der Waals surface area contributed by atoms with Crippen molar-refractivity contribution in [2.45, 2.75) is 18.9 Å². The lowest BCUT2D eigenvalue weighted by molar-refractivity contribution is -0.0593. The molecule has 1 saturated heterocycles. The van der Waals surface area contributed by atoms with Crippen molar-refractivity contribution < 1.29 is 14.2 Å². The standard InChI is InChI=1S/C13H17ClFNO2/c14-9-1-2-11(15)10(7-9)12(17)13(8-16)3-5-18-6-4-13/h1-2,7,12,17H,3-6,8,16H2. The minimum Gasteiger partial charge on any atom is -0.388 e. The van der Waals surface area contributed by atoms with Gasteiger partial charge in [0.25, 0.3) is 0 Å². The number of benzene rings is 1. The van der Waals surface area contributed by atoms with Crippen LogP contribution in [-0.4, -0.2) is 24.9 Å². The van der Waals surface area contributed by atoms with Crippen molar-refractivity contribution in [1.29, 1.82) is 0 Å². The summed E-state index contributed by atoms with van der Waals surface area (Å²) in [5.41, 5.74) is 5.49. The van der Waals surface area contributed by atoms with Gasteiger partial charge in [-0.1, -0.05) is 11.6 Å². The number of ether oxygens (including phenoxy) is 1. The zero-order valence-corrected chi connectivity index (χ0v) is 10.8. The molecule has 3 nitrogen and oxygen atoms in total. The minimum absolute atomic E-state index is 0.217. The van der Waals surface area contributed by atoms with Gasteiger partial charge in [-0.2, -0.15) is 0 Å². The summed E-state index contributed by atoms with van der Waals surface area (Å²) in [5.74, 6) is -0.453. The third kappa shape index (κ3) is 2.52. The third-order valence-corrected chi connectivity index (χ3v) is 3.96. The van der Waals surface area contributed by atoms with Crippen molar-refractivity contribution in [3.05, 3.63) is 34.6 Å². The SMILES string of the molecule is NCC1(C(O)c2cc(Cl)ccc2F)CCOCC1. The van der Waals surface area contributed by atoms with E-state index in [0.717, 1.165) is 0 Å². The van der Waals surface area contributed by atoms with Gasteiger partial charge >= 0.3 is 0 Å². The van der Waals surface area contributed by atoms with E-state index in [9.17, 15) is 9.50 Å². The summed E-state index contributed by atoms with van der Waals surface area (Å²) < 4.78 is 19.1. The van der Waals surface area contributed by atoms with Crippen LogP contribution in [0.25, 0.3) is 0 Å². The molecule has 0 aliphatic carbocycles. The molecule has 0 spiro atoms. The summed E-state index contributed by atoms with van der Waals surface area (Å²) in [4.78, 5) is 0. The molecule has 0 amide bonds. The lowest BCUT2D eigenvalue weighted by Gasteiger charge is -2.40. The van der Waals surface area contributed by atoms with Gasteiger partial charge in [-0.3, -0.25) is 0 Å². The third-order valence-electron chi connectivity index (χ3n) is 3.73. The Kier molecular flexibility index (Phi) is 4.22. The number of aliphatic hydroxyl groups excluding tert-OH is 1. The topological polar surface area (TPSA) is 55.5 Å². The Morgan fingerprint density at radius 2 is 2.11 bits per heavy atom. The summed E-state index contributed by atoms with van der Waals surface area (Å²) in [5, 5.41) is 10.9. The van der Waals surface area contributed by atoms with Gasteiger partial charge in [0, 0.05) is 35.8 Å². The molecule has 1 aromatic rings. The molecule has 1 fully saturated rings. The van der Waals surface area contributed by atoms with Crippen molar-refractivity contribution in [1.82, 2.24) is 0 Å². The zero-order chi connectivity index (χ0) is 13.2. The summed E-state index contributed by atoms with van der Waals surface area (Å²) in [6.07, 6.45) is 0.290. The van der Waals surface area contributed by atoms with Crippen molar-refractivity contribution in [3.63, 3.8) is 0 Å². The largest absolute Gasteiger partial charge is 0.388 e. The molecule has 1 aliphatic heterocycles. The number of nitrogens with two attached hydrogens (primary N) is 1. The molecule has 0 aromatic heterocycles. The number of hydrogen-bond acceptors (Lipinski definition) is 3. The Morgan fingerprint density at radius 1 is 1.44 bits per heavy atom. The number of hydrogen-bond donors (Lipinski definition) is 2. The lowest BCUT2D eigenvalue weighted by Crippen LogP contribution is -2.42. The van der Waals surface area contributed by atoms with Crippen molar-refractivity contribution in [3.8, 4) is 0 Å². The first-order chi connectivity index (χ1) is 8.59. The molecule has 100 valence electrons. The van der Waals surface area contributed by atoms with Gasteiger partial charge in [-0.15, -0.1) is 0 Å². The van der Waals surface area contributed by atoms with Gasteiger partial charge in [0.05, 0.1) is 6.10 Å². The van der Waals surface area contributed by atoms with Crippen LogP contribution >= 0.6 is 11.6 Å². The number of halogens is 2. The highest BCUT2D eigenvalue weighted by atomic mass is 35.5. The monoisotopic (exact) mass is 273 g/mol. The van der Waals surface area contributed by atoms with E-state index >= 15 is 0 Å². The van der Waals surface area contributed by atoms with Crippen LogP contribution in [-0.2, 0) is 4.74 Å². The smallest absolute Gasteiger partial charge is 0.129 e. The maximum atomic E-state index is 13.8. The first-order valence-electron chi connectivity index (χ1n) is 6.00. The molecule has 2 rings (SSSR count). The van der Waals surface area contributed by atoms with E-state index in [2.05, 4.69) is 0 Å². The molecule has 1 aliphatic rings. The highest BCUT2D eigenvalue weighted by Crippen LogP contribution is 2.42. The van der Waals surface area contributed by atoms with Crippen LogP contribution in [0.15, 0.2) is 18.2 Å². The fourth-order valence-corrected chi connectivity index (χ4v) is 2.60. The van der Waals surface area contributed by atoms with Gasteiger partial charge in [-0.05, 0) is 31.0 Å². The maximum absolute atomic E-state index is 13.8. The summed E-state index contributed by atoms with van der Waals surface area (Å²) in [7, 11) is 0. The molecule has 1 aromatic carbocycles. The lowest BCUT2D eigenvalue weighted by atomic mass is 9.73. The molecule has 18 heavy (non-hydrogen) atoms. The van der Waals surface area contributed by atoms with Crippen LogP contribution in [0.1, 0.15) is 24.5 Å². The molecule has 1 atom stereocenters. The van der Waals surface area contributed by atoms with Crippen molar-refractivity contribution in [2.75, 3.05) is 19.8 Å². The van der Waals surface area contributed by atoms with E-state index in [1.54, 1.807) is 0 Å². The molecule has 5 heteroatoms. The van der Waals surface area contributed by atoms with Gasteiger partial charge in [0.15, 0.2) is 0 Å². The second-order valence-corrected chi connectivity index (χ2v) is 5.18. The Bertz CT molecular complexity index is 421. The summed E-state index contributed by atoms with van der Waals surface area (Å²) >= 11 is 5.85. The quantitative estimate of drug-likeness (QED) is 0.888. The zero-order valence-electron chi connectivity index (χ0n) is 10.0. The van der Waals surface area contributed by atoms with Crippen LogP contribution in [0, 0.1) is 11.2 Å². The molecule has 0 saturated carbocycles. The first-order valence-corrected chi connectivity index (χ1v) is 6.38. The highest BCUT2D eigenvalue weighted by molar-refractivity contribution is 6.30. The predicted molar refractivity (Wildman–Crippen MR) is 67.9 cm³/mol. The molecule has 3 N–H and O–H groups in total. The predicted octanol–water partition coefficient (Wildman–Crippen LogP) is 2.27. The van der Waals surface area contributed by atoms with Crippen LogP contribution in [0.4, 0.5) is 4.39 Å². The normalized spacial score (nSPS) is 20.7. The average molecular weight is 274 g/mol. The van der Waals surface area contributed by atoms with Crippen molar-refractivity contribution in [2.24, 2.45) is 11.1 Å². The van der Waals surface area contributed by atoms with E-state index < -0.39 is 17.3 Å². The fraction of sp³-hybridized carbons (Fsp3) is 0.538. The molecule has 0 radical (unpaired) electrons. The molecule has 0 bridgehead atoms. The Morgan fingerprint density at radius 3 is 2.72 bits per heavy atom. The number of aliphatic hydroxyl groups is 1. The van der Waals surface area contributed by atoms with Gasteiger partial charge < -0.3 is 15.6 Å². The number of rotatable bonds is 3. The Balaban J connectivity index is 2.33. The van der Waals surface area contributed by atoms with Crippen LogP contribution < -0.4 is 5.73 Å². The molecule has 1 unspecified atom stereocenters. The maximum Gasteiger partial charge on any atom is 0.129 e. The molecular formula is C13H17ClFNO2. The van der Waals surface area contributed by atoms with Crippen LogP contribution in [0.5, 0.6) is 0 Å². The van der Waals surface area contributed by atoms with Crippen LogP contribution in [0.2, 0.25) is 5.02 Å². The van der Waals surface area contributed by atoms with E-state index in [0.29, 0.717) is 37.6 Å². The molecular weight excluding hydrogens is 257 g/mol. The van der Waals surface area contributed by atoms with Crippen molar-refractivity contribution >= 4 is 11.6 Å². The van der Waals surface area contributed by atoms with Gasteiger partial charge in [0.2, 0.25) is 0 Å². The Labute approximate surface area is 111 Å². The van der Waals surface area contributed by atoms with Gasteiger partial charge in [0.1, 0.15) is 5.82 Å². The average Bonchev–Trinajstić information content (AvgIpc) is 2.41. The molecule has 1 heterocycles. The Hall–Kier alpha value is -0.680. The minimum atomic E-state index is -0.954. The van der Waals surface area contributed by atoms with E-state index in [-0.39, 0.29) is 5.56 Å².